The van der Waals surface area contributed by atoms with Crippen molar-refractivity contribution in [2.24, 2.45) is 0 Å². The number of fused-ring (bicyclic) bond motifs is 4. The number of hydrogen-bond donors (Lipinski definition) is 0. The Bertz CT molecular complexity index is 559. The fourth-order valence-electron chi connectivity index (χ4n) is 3.28. The van der Waals surface area contributed by atoms with Crippen LogP contribution in [0.2, 0.25) is 18.1 Å². The number of rotatable bonds is 2. The Hall–Kier alpha value is -0.803. The topological polar surface area (TPSA) is 18.5 Å². The number of hydrogen-bond acceptors (Lipinski definition) is 2. The molecule has 3 rings (SSSR count). The number of benzene rings is 1. The molecule has 2 nitrogen and oxygen atoms in total. The van der Waals surface area contributed by atoms with Gasteiger partial charge in [0, 0.05) is 0 Å². The van der Waals surface area contributed by atoms with Crippen molar-refractivity contribution in [3.05, 3.63) is 29.3 Å². The lowest BCUT2D eigenvalue weighted by Gasteiger charge is -2.37. The third-order valence-corrected chi connectivity index (χ3v) is 10.0. The summed E-state index contributed by atoms with van der Waals surface area (Å²) < 4.78 is 12.6. The lowest BCUT2D eigenvalue weighted by molar-refractivity contribution is -0.0437. The Morgan fingerprint density at radius 2 is 2.00 bits per heavy atom. The normalized spacial score (nSPS) is 28.4. The van der Waals surface area contributed by atoms with Gasteiger partial charge >= 0.3 is 0 Å². The Kier molecular flexibility index (Phi) is 3.30. The second-order valence-corrected chi connectivity index (χ2v) is 13.1. The molecule has 0 N–H and O–H groups in total. The van der Waals surface area contributed by atoms with E-state index in [0.29, 0.717) is 6.10 Å². The Morgan fingerprint density at radius 3 is 2.67 bits per heavy atom. The molecule has 2 aliphatic heterocycles. The van der Waals surface area contributed by atoms with Crippen LogP contribution in [-0.4, -0.2) is 14.4 Å². The average Bonchev–Trinajstić information content (AvgIpc) is 2.64. The first-order chi connectivity index (χ1) is 9.61. The summed E-state index contributed by atoms with van der Waals surface area (Å²) in [6, 6.07) is 6.65. The van der Waals surface area contributed by atoms with Gasteiger partial charge in [0.1, 0.15) is 5.75 Å². The second kappa shape index (κ2) is 4.59. The lowest BCUT2D eigenvalue weighted by atomic mass is 9.89. The van der Waals surface area contributed by atoms with Gasteiger partial charge in [0.15, 0.2) is 0 Å². The molecule has 0 spiro atoms. The molecule has 21 heavy (non-hydrogen) atoms. The van der Waals surface area contributed by atoms with Crippen molar-refractivity contribution in [2.75, 3.05) is 0 Å². The average molecular weight is 305 g/mol. The van der Waals surface area contributed by atoms with Crippen molar-refractivity contribution in [1.29, 1.82) is 0 Å². The van der Waals surface area contributed by atoms with Crippen molar-refractivity contribution >= 4 is 8.32 Å². The maximum Gasteiger partial charge on any atom is 0.250 e. The van der Waals surface area contributed by atoms with E-state index in [1.807, 2.05) is 0 Å². The maximum absolute atomic E-state index is 6.45. The third-order valence-electron chi connectivity index (χ3n) is 5.64. The van der Waals surface area contributed by atoms with Crippen LogP contribution in [0.15, 0.2) is 18.2 Å². The molecule has 0 aromatic heterocycles. The van der Waals surface area contributed by atoms with Crippen molar-refractivity contribution in [1.82, 2.24) is 0 Å². The minimum absolute atomic E-state index is 0.0618. The largest absolute Gasteiger partial charge is 0.543 e. The van der Waals surface area contributed by atoms with E-state index in [1.165, 1.54) is 17.5 Å². The van der Waals surface area contributed by atoms with Crippen molar-refractivity contribution in [3.63, 3.8) is 0 Å². The molecule has 2 atom stereocenters. The van der Waals surface area contributed by atoms with Crippen molar-refractivity contribution in [2.45, 2.75) is 76.8 Å². The molecule has 0 unspecified atom stereocenters. The molecule has 2 heterocycles. The minimum atomic E-state index is -1.76. The molecule has 0 aliphatic carbocycles. The van der Waals surface area contributed by atoms with Gasteiger partial charge in [-0.15, -0.1) is 0 Å². The molecular formula is C18H28O2Si. The molecule has 116 valence electrons. The van der Waals surface area contributed by atoms with E-state index in [2.05, 4.69) is 59.0 Å². The zero-order valence-electron chi connectivity index (χ0n) is 14.2. The second-order valence-electron chi connectivity index (χ2n) is 8.39. The van der Waals surface area contributed by atoms with Crippen molar-refractivity contribution < 1.29 is 9.16 Å². The summed E-state index contributed by atoms with van der Waals surface area (Å²) in [5.41, 5.74) is 2.74. The highest BCUT2D eigenvalue weighted by Crippen LogP contribution is 2.47. The van der Waals surface area contributed by atoms with E-state index in [1.54, 1.807) is 0 Å². The Morgan fingerprint density at radius 1 is 1.29 bits per heavy atom. The summed E-state index contributed by atoms with van der Waals surface area (Å²) in [7, 11) is -1.76. The van der Waals surface area contributed by atoms with Crippen LogP contribution < -0.4 is 4.43 Å². The van der Waals surface area contributed by atoms with Gasteiger partial charge < -0.3 is 9.16 Å². The smallest absolute Gasteiger partial charge is 0.250 e. The summed E-state index contributed by atoms with van der Waals surface area (Å²) in [5, 5.41) is 0.233. The standard InChI is InChI=1S/C18H28O2Si/c1-17(2,3)21(5,6)20-15-7-8-16-13(12-15)11-14-9-10-18(16,4)19-14/h7-8,12,14H,9-11H2,1-6H3/t14-,18+/m1/s1. The highest BCUT2D eigenvalue weighted by atomic mass is 28.4. The fraction of sp³-hybridized carbons (Fsp3) is 0.667. The van der Waals surface area contributed by atoms with Gasteiger partial charge in [-0.05, 0) is 67.6 Å². The summed E-state index contributed by atoms with van der Waals surface area (Å²) in [4.78, 5) is 0. The van der Waals surface area contributed by atoms with Crippen molar-refractivity contribution in [3.8, 4) is 5.75 Å². The molecule has 0 saturated carbocycles. The SMILES string of the molecule is CC(C)(C)[Si](C)(C)Oc1ccc2c(c1)C[C@H]1CC[C@]2(C)O1. The zero-order chi connectivity index (χ0) is 15.5. The van der Waals surface area contributed by atoms with Crippen LogP contribution in [-0.2, 0) is 16.8 Å². The van der Waals surface area contributed by atoms with E-state index >= 15 is 0 Å². The fourth-order valence-corrected chi connectivity index (χ4v) is 4.30. The summed E-state index contributed by atoms with van der Waals surface area (Å²) in [6.07, 6.45) is 3.78. The molecule has 2 aliphatic rings. The predicted octanol–water partition coefficient (Wildman–Crippen LogP) is 5.02. The van der Waals surface area contributed by atoms with E-state index < -0.39 is 8.32 Å². The third kappa shape index (κ3) is 2.55. The monoisotopic (exact) mass is 304 g/mol. The number of ether oxygens (including phenoxy) is 1. The Labute approximate surface area is 130 Å². The molecule has 1 saturated heterocycles. The first-order valence-corrected chi connectivity index (χ1v) is 11.0. The molecule has 0 radical (unpaired) electrons. The van der Waals surface area contributed by atoms with Gasteiger partial charge in [0.25, 0.3) is 0 Å². The summed E-state index contributed by atoms with van der Waals surface area (Å²) >= 11 is 0. The first kappa shape index (κ1) is 15.1. The van der Waals surface area contributed by atoms with E-state index in [4.69, 9.17) is 9.16 Å². The predicted molar refractivity (Wildman–Crippen MR) is 89.4 cm³/mol. The molecular weight excluding hydrogens is 276 g/mol. The molecule has 1 fully saturated rings. The van der Waals surface area contributed by atoms with Crippen LogP contribution in [0.3, 0.4) is 0 Å². The van der Waals surface area contributed by atoms with Gasteiger partial charge in [0.05, 0.1) is 11.7 Å². The highest BCUT2D eigenvalue weighted by Gasteiger charge is 2.43. The molecule has 2 bridgehead atoms. The quantitative estimate of drug-likeness (QED) is 0.714. The molecule has 1 aromatic carbocycles. The molecule has 1 aromatic rings. The van der Waals surface area contributed by atoms with Crippen LogP contribution in [0.5, 0.6) is 5.75 Å². The molecule has 3 heteroatoms. The highest BCUT2D eigenvalue weighted by molar-refractivity contribution is 6.74. The van der Waals surface area contributed by atoms with Gasteiger partial charge in [-0.2, -0.15) is 0 Å². The van der Waals surface area contributed by atoms with Crippen LogP contribution >= 0.6 is 0 Å². The van der Waals surface area contributed by atoms with Gasteiger partial charge in [-0.1, -0.05) is 26.8 Å². The zero-order valence-corrected chi connectivity index (χ0v) is 15.2. The minimum Gasteiger partial charge on any atom is -0.543 e. The Balaban J connectivity index is 1.90. The molecule has 0 amide bonds. The van der Waals surface area contributed by atoms with E-state index in [9.17, 15) is 0 Å². The van der Waals surface area contributed by atoms with Crippen LogP contribution in [0.1, 0.15) is 51.7 Å². The maximum atomic E-state index is 6.45. The van der Waals surface area contributed by atoms with Crippen LogP contribution in [0, 0.1) is 0 Å². The van der Waals surface area contributed by atoms with Crippen LogP contribution in [0.25, 0.3) is 0 Å². The van der Waals surface area contributed by atoms with E-state index in [-0.39, 0.29) is 10.6 Å². The van der Waals surface area contributed by atoms with Gasteiger partial charge in [-0.25, -0.2) is 0 Å². The van der Waals surface area contributed by atoms with Gasteiger partial charge in [0.2, 0.25) is 8.32 Å². The summed E-state index contributed by atoms with van der Waals surface area (Å²) in [5.74, 6) is 1.05. The van der Waals surface area contributed by atoms with E-state index in [0.717, 1.165) is 18.6 Å². The van der Waals surface area contributed by atoms with Gasteiger partial charge in [-0.3, -0.25) is 0 Å². The first-order valence-electron chi connectivity index (χ1n) is 8.11. The lowest BCUT2D eigenvalue weighted by Crippen LogP contribution is -2.44. The van der Waals surface area contributed by atoms with Crippen LogP contribution in [0.4, 0.5) is 0 Å². The summed E-state index contributed by atoms with van der Waals surface area (Å²) in [6.45, 7) is 13.7.